The Balaban J connectivity index is 2.54. The van der Waals surface area contributed by atoms with Gasteiger partial charge >= 0.3 is 65.5 Å². The normalized spacial score (nSPS) is 13.8. The zero-order chi connectivity index (χ0) is 6.10. The molecule has 0 saturated heterocycles. The summed E-state index contributed by atoms with van der Waals surface area (Å²) in [6.07, 6.45) is 0. The number of hydrogen-bond acceptors (Lipinski definition) is 2. The number of benzene rings is 1. The molecule has 1 heterocycles. The van der Waals surface area contributed by atoms with Gasteiger partial charge in [-0.1, -0.05) is 0 Å². The first kappa shape index (κ1) is 5.49. The van der Waals surface area contributed by atoms with Gasteiger partial charge < -0.3 is 0 Å². The molecular formula is C6H5BiO2. The summed E-state index contributed by atoms with van der Waals surface area (Å²) in [6, 6.07) is 7.79. The molecule has 0 spiro atoms. The van der Waals surface area contributed by atoms with E-state index in [1.807, 2.05) is 24.3 Å². The van der Waals surface area contributed by atoms with Crippen molar-refractivity contribution in [3.05, 3.63) is 24.3 Å². The van der Waals surface area contributed by atoms with E-state index in [1.54, 1.807) is 0 Å². The topological polar surface area (TPSA) is 18.5 Å². The predicted molar refractivity (Wildman–Crippen MR) is 34.8 cm³/mol. The van der Waals surface area contributed by atoms with Crippen LogP contribution in [0.25, 0.3) is 0 Å². The molecule has 1 aromatic rings. The molecule has 0 fully saturated rings. The molecule has 0 N–H and O–H groups in total. The number of hydrogen-bond donors (Lipinski definition) is 0. The summed E-state index contributed by atoms with van der Waals surface area (Å²) in [4.78, 5) is 0. The molecule has 0 unspecified atom stereocenters. The van der Waals surface area contributed by atoms with Crippen molar-refractivity contribution in [1.82, 2.24) is 0 Å². The van der Waals surface area contributed by atoms with Crippen molar-refractivity contribution in [3.63, 3.8) is 0 Å². The average Bonchev–Trinajstić information content (AvgIpc) is 2.33. The molecule has 9 heavy (non-hydrogen) atoms. The predicted octanol–water partition coefficient (Wildman–Crippen LogP) is 0.724. The summed E-state index contributed by atoms with van der Waals surface area (Å²) in [5, 5.41) is 0. The fraction of sp³-hybridized carbons (Fsp3) is 0. The van der Waals surface area contributed by atoms with Gasteiger partial charge in [0, 0.05) is 0 Å². The SMILES string of the molecule is c1ccc2c(c1)[O][BiH][O]2. The Morgan fingerprint density at radius 3 is 2.11 bits per heavy atom. The van der Waals surface area contributed by atoms with Gasteiger partial charge in [-0.3, -0.25) is 0 Å². The van der Waals surface area contributed by atoms with Gasteiger partial charge in [0.05, 0.1) is 0 Å². The van der Waals surface area contributed by atoms with Crippen LogP contribution in [-0.2, 0) is 0 Å². The molecule has 0 saturated carbocycles. The molecule has 2 nitrogen and oxygen atoms in total. The third-order valence-corrected chi connectivity index (χ3v) is 3.51. The van der Waals surface area contributed by atoms with Crippen molar-refractivity contribution in [2.45, 2.75) is 0 Å². The van der Waals surface area contributed by atoms with Crippen molar-refractivity contribution in [2.75, 3.05) is 0 Å². The second-order valence-corrected chi connectivity index (χ2v) is 3.97. The van der Waals surface area contributed by atoms with E-state index in [1.165, 1.54) is 0 Å². The van der Waals surface area contributed by atoms with Crippen molar-refractivity contribution in [2.24, 2.45) is 0 Å². The van der Waals surface area contributed by atoms with Crippen LogP contribution >= 0.6 is 0 Å². The molecule has 0 bridgehead atoms. The van der Waals surface area contributed by atoms with Crippen molar-refractivity contribution in [3.8, 4) is 11.5 Å². The van der Waals surface area contributed by atoms with E-state index < -0.39 is 24.1 Å². The number of rotatable bonds is 0. The molecule has 0 aromatic heterocycles. The van der Waals surface area contributed by atoms with Gasteiger partial charge in [-0.2, -0.15) is 0 Å². The Bertz CT molecular complexity index is 201. The third kappa shape index (κ3) is 0.898. The van der Waals surface area contributed by atoms with Crippen LogP contribution in [0.4, 0.5) is 0 Å². The maximum atomic E-state index is 5.27. The summed E-state index contributed by atoms with van der Waals surface area (Å²) in [5.41, 5.74) is 0. The van der Waals surface area contributed by atoms with Gasteiger partial charge in [-0.05, 0) is 0 Å². The van der Waals surface area contributed by atoms with Crippen LogP contribution in [0.2, 0.25) is 0 Å². The second-order valence-electron chi connectivity index (χ2n) is 1.73. The summed E-state index contributed by atoms with van der Waals surface area (Å²) in [7, 11) is 0. The first-order valence-electron chi connectivity index (χ1n) is 2.64. The van der Waals surface area contributed by atoms with E-state index in [9.17, 15) is 0 Å². The summed E-state index contributed by atoms with van der Waals surface area (Å²) in [5.74, 6) is 1.86. The van der Waals surface area contributed by atoms with Crippen LogP contribution in [0.1, 0.15) is 0 Å². The Morgan fingerprint density at radius 1 is 1.00 bits per heavy atom. The fourth-order valence-electron chi connectivity index (χ4n) is 0.729. The minimum absolute atomic E-state index is 0.931. The molecule has 1 aliphatic rings. The Hall–Kier alpha value is -0.297. The number of para-hydroxylation sites is 2. The molecule has 2 rings (SSSR count). The van der Waals surface area contributed by atoms with Crippen LogP contribution < -0.4 is 5.63 Å². The monoisotopic (exact) mass is 318 g/mol. The average molecular weight is 318 g/mol. The van der Waals surface area contributed by atoms with E-state index in [2.05, 4.69) is 0 Å². The van der Waals surface area contributed by atoms with Crippen LogP contribution in [0, 0.1) is 0 Å². The second kappa shape index (κ2) is 2.14. The standard InChI is InChI=1S/C6H6O2.Bi.H/c7-5-3-1-2-4-6(5)8;;/h1-4,7-8H;;/q;+2;/p-2. The molecule has 0 atom stereocenters. The van der Waals surface area contributed by atoms with Gasteiger partial charge in [0.1, 0.15) is 0 Å². The van der Waals surface area contributed by atoms with Crippen molar-refractivity contribution < 1.29 is 5.63 Å². The number of fused-ring (bicyclic) bond motifs is 1. The van der Waals surface area contributed by atoms with E-state index in [0.29, 0.717) is 0 Å². The molecule has 3 heteroatoms. The Morgan fingerprint density at radius 2 is 1.56 bits per heavy atom. The molecule has 1 aromatic carbocycles. The van der Waals surface area contributed by atoms with Crippen LogP contribution in [0.15, 0.2) is 24.3 Å². The van der Waals surface area contributed by atoms with Gasteiger partial charge in [0.25, 0.3) is 0 Å². The quantitative estimate of drug-likeness (QED) is 0.657. The van der Waals surface area contributed by atoms with E-state index >= 15 is 0 Å². The summed E-state index contributed by atoms with van der Waals surface area (Å²) < 4.78 is 10.5. The first-order valence-corrected chi connectivity index (χ1v) is 5.82. The van der Waals surface area contributed by atoms with Crippen LogP contribution in [0.5, 0.6) is 11.5 Å². The van der Waals surface area contributed by atoms with Crippen molar-refractivity contribution >= 4 is 24.1 Å². The molecule has 46 valence electrons. The minimum atomic E-state index is -1.14. The van der Waals surface area contributed by atoms with E-state index in [0.717, 1.165) is 11.5 Å². The molecular weight excluding hydrogens is 313 g/mol. The summed E-state index contributed by atoms with van der Waals surface area (Å²) in [6.45, 7) is 0. The molecule has 0 aliphatic carbocycles. The molecule has 0 amide bonds. The molecule has 0 radical (unpaired) electrons. The summed E-state index contributed by atoms with van der Waals surface area (Å²) >= 11 is -1.14. The zero-order valence-electron chi connectivity index (χ0n) is 4.63. The molecule has 1 aliphatic heterocycles. The van der Waals surface area contributed by atoms with Gasteiger partial charge in [0.2, 0.25) is 0 Å². The van der Waals surface area contributed by atoms with E-state index in [4.69, 9.17) is 5.63 Å². The van der Waals surface area contributed by atoms with Crippen LogP contribution in [-0.4, -0.2) is 24.1 Å². The van der Waals surface area contributed by atoms with Gasteiger partial charge in [-0.25, -0.2) is 0 Å². The third-order valence-electron chi connectivity index (χ3n) is 1.15. The first-order chi connectivity index (χ1) is 4.47. The Kier molecular flexibility index (Phi) is 1.31. The fourth-order valence-corrected chi connectivity index (χ4v) is 2.90. The van der Waals surface area contributed by atoms with E-state index in [-0.39, 0.29) is 0 Å². The van der Waals surface area contributed by atoms with Gasteiger partial charge in [0.15, 0.2) is 0 Å². The zero-order valence-corrected chi connectivity index (χ0v) is 8.51. The van der Waals surface area contributed by atoms with Crippen LogP contribution in [0.3, 0.4) is 0 Å². The Labute approximate surface area is 65.6 Å². The maximum absolute atomic E-state index is 5.27. The van der Waals surface area contributed by atoms with Crippen molar-refractivity contribution in [1.29, 1.82) is 0 Å². The van der Waals surface area contributed by atoms with Gasteiger partial charge in [-0.15, -0.1) is 0 Å².